The summed E-state index contributed by atoms with van der Waals surface area (Å²) in [5, 5.41) is 2.87. The number of para-hydroxylation sites is 1. The molecular weight excluding hydrogens is 278 g/mol. The van der Waals surface area contributed by atoms with Crippen LogP contribution in [-0.2, 0) is 22.6 Å². The number of benzene rings is 1. The van der Waals surface area contributed by atoms with Crippen LogP contribution in [0.15, 0.2) is 48.7 Å². The van der Waals surface area contributed by atoms with Crippen LogP contribution in [0.5, 0.6) is 0 Å². The van der Waals surface area contributed by atoms with E-state index in [0.717, 1.165) is 16.9 Å². The van der Waals surface area contributed by atoms with Gasteiger partial charge in [0.05, 0.1) is 12.2 Å². The maximum absolute atomic E-state index is 12.5. The summed E-state index contributed by atoms with van der Waals surface area (Å²) in [4.78, 5) is 30.1. The fourth-order valence-corrected chi connectivity index (χ4v) is 2.78. The van der Waals surface area contributed by atoms with Gasteiger partial charge in [0.15, 0.2) is 0 Å². The number of nitrogens with one attached hydrogen (secondary N) is 1. The third-order valence-corrected chi connectivity index (χ3v) is 3.79. The average molecular weight is 295 g/mol. The minimum absolute atomic E-state index is 0.122. The number of carbonyl (C=O) groups excluding carboxylic acids is 2. The Hall–Kier alpha value is -2.69. The summed E-state index contributed by atoms with van der Waals surface area (Å²) < 4.78 is 0. The number of fused-ring (bicyclic) bond motifs is 1. The molecule has 0 radical (unpaired) electrons. The summed E-state index contributed by atoms with van der Waals surface area (Å²) in [7, 11) is 0. The highest BCUT2D eigenvalue weighted by atomic mass is 16.2. The van der Waals surface area contributed by atoms with Crippen molar-refractivity contribution < 1.29 is 9.59 Å². The van der Waals surface area contributed by atoms with Gasteiger partial charge in [-0.05, 0) is 23.8 Å². The zero-order valence-electron chi connectivity index (χ0n) is 12.3. The first-order chi connectivity index (χ1) is 10.7. The van der Waals surface area contributed by atoms with Gasteiger partial charge in [0.25, 0.3) is 0 Å². The first kappa shape index (κ1) is 14.3. The molecule has 1 N–H and O–H groups in total. The van der Waals surface area contributed by atoms with E-state index >= 15 is 0 Å². The molecule has 0 bridgehead atoms. The van der Waals surface area contributed by atoms with Gasteiger partial charge in [-0.15, -0.1) is 0 Å². The summed E-state index contributed by atoms with van der Waals surface area (Å²) in [6, 6.07) is 12.7. The van der Waals surface area contributed by atoms with Crippen molar-refractivity contribution in [1.29, 1.82) is 0 Å². The largest absolute Gasteiger partial charge is 0.349 e. The highest BCUT2D eigenvalue weighted by Crippen LogP contribution is 2.32. The van der Waals surface area contributed by atoms with Gasteiger partial charge < -0.3 is 5.32 Å². The summed E-state index contributed by atoms with van der Waals surface area (Å²) >= 11 is 0. The van der Waals surface area contributed by atoms with Crippen LogP contribution >= 0.6 is 0 Å². The second-order valence-corrected chi connectivity index (χ2v) is 5.28. The van der Waals surface area contributed by atoms with Gasteiger partial charge in [-0.1, -0.05) is 24.3 Å². The van der Waals surface area contributed by atoms with Crippen LogP contribution in [0.25, 0.3) is 0 Å². The number of anilines is 1. The van der Waals surface area contributed by atoms with Crippen molar-refractivity contribution in [2.75, 3.05) is 4.90 Å². The number of nitrogens with zero attached hydrogens (tertiary/aromatic N) is 2. The van der Waals surface area contributed by atoms with E-state index in [1.807, 2.05) is 42.5 Å². The molecule has 0 spiro atoms. The molecule has 1 aliphatic rings. The molecule has 5 heteroatoms. The predicted molar refractivity (Wildman–Crippen MR) is 83.2 cm³/mol. The Bertz CT molecular complexity index is 700. The molecule has 2 aromatic rings. The zero-order valence-corrected chi connectivity index (χ0v) is 12.3. The van der Waals surface area contributed by atoms with Crippen LogP contribution in [-0.4, -0.2) is 22.8 Å². The van der Waals surface area contributed by atoms with Gasteiger partial charge in [0, 0.05) is 25.2 Å². The zero-order chi connectivity index (χ0) is 15.5. The van der Waals surface area contributed by atoms with Crippen molar-refractivity contribution >= 4 is 17.5 Å². The van der Waals surface area contributed by atoms with E-state index in [2.05, 4.69) is 10.3 Å². The number of hydrogen-bond acceptors (Lipinski definition) is 3. The van der Waals surface area contributed by atoms with Crippen molar-refractivity contribution in [2.24, 2.45) is 0 Å². The number of pyridine rings is 1. The fraction of sp³-hybridized carbons (Fsp3) is 0.235. The molecule has 1 aromatic carbocycles. The van der Waals surface area contributed by atoms with Crippen molar-refractivity contribution in [1.82, 2.24) is 10.3 Å². The van der Waals surface area contributed by atoms with Crippen LogP contribution in [0, 0.1) is 0 Å². The molecule has 112 valence electrons. The summed E-state index contributed by atoms with van der Waals surface area (Å²) in [6.07, 6.45) is 2.23. The monoisotopic (exact) mass is 295 g/mol. The summed E-state index contributed by atoms with van der Waals surface area (Å²) in [5.74, 6) is -0.278. The Morgan fingerprint density at radius 3 is 2.73 bits per heavy atom. The van der Waals surface area contributed by atoms with Gasteiger partial charge in [-0.25, -0.2) is 0 Å². The van der Waals surface area contributed by atoms with E-state index in [1.54, 1.807) is 11.1 Å². The second kappa shape index (κ2) is 5.97. The van der Waals surface area contributed by atoms with Crippen molar-refractivity contribution in [3.05, 3.63) is 59.9 Å². The lowest BCUT2D eigenvalue weighted by atomic mass is 10.1. The highest BCUT2D eigenvalue weighted by Gasteiger charge is 2.36. The van der Waals surface area contributed by atoms with E-state index in [1.165, 1.54) is 6.92 Å². The lowest BCUT2D eigenvalue weighted by molar-refractivity contribution is -0.125. The number of rotatable bonds is 3. The van der Waals surface area contributed by atoms with E-state index < -0.39 is 6.04 Å². The van der Waals surface area contributed by atoms with E-state index in [4.69, 9.17) is 0 Å². The van der Waals surface area contributed by atoms with Crippen LogP contribution < -0.4 is 10.2 Å². The third kappa shape index (κ3) is 2.70. The summed E-state index contributed by atoms with van der Waals surface area (Å²) in [5.41, 5.74) is 2.64. The fourth-order valence-electron chi connectivity index (χ4n) is 2.78. The van der Waals surface area contributed by atoms with E-state index in [0.29, 0.717) is 13.0 Å². The van der Waals surface area contributed by atoms with Crippen LogP contribution in [0.4, 0.5) is 5.69 Å². The number of carbonyl (C=O) groups is 2. The Morgan fingerprint density at radius 2 is 2.00 bits per heavy atom. The van der Waals surface area contributed by atoms with Gasteiger partial charge in [0.1, 0.15) is 6.04 Å². The Kier molecular flexibility index (Phi) is 3.87. The molecule has 1 aliphatic heterocycles. The maximum atomic E-state index is 12.5. The molecule has 3 rings (SSSR count). The SMILES string of the molecule is CC(=O)N1c2ccccc2CC1C(=O)NCc1ccccn1. The smallest absolute Gasteiger partial charge is 0.243 e. The van der Waals surface area contributed by atoms with Crippen molar-refractivity contribution in [2.45, 2.75) is 25.9 Å². The lowest BCUT2D eigenvalue weighted by Crippen LogP contribution is -2.47. The topological polar surface area (TPSA) is 62.3 Å². The minimum Gasteiger partial charge on any atom is -0.349 e. The minimum atomic E-state index is -0.487. The molecule has 5 nitrogen and oxygen atoms in total. The molecular formula is C17H17N3O2. The number of aromatic nitrogens is 1. The third-order valence-electron chi connectivity index (χ3n) is 3.79. The van der Waals surface area contributed by atoms with Crippen LogP contribution in [0.2, 0.25) is 0 Å². The quantitative estimate of drug-likeness (QED) is 0.937. The molecule has 0 aliphatic carbocycles. The lowest BCUT2D eigenvalue weighted by Gasteiger charge is -2.23. The van der Waals surface area contributed by atoms with Crippen molar-refractivity contribution in [3.63, 3.8) is 0 Å². The van der Waals surface area contributed by atoms with Crippen molar-refractivity contribution in [3.8, 4) is 0 Å². The average Bonchev–Trinajstić information content (AvgIpc) is 2.93. The van der Waals surface area contributed by atoms with E-state index in [-0.39, 0.29) is 11.8 Å². The molecule has 2 amide bonds. The van der Waals surface area contributed by atoms with Crippen LogP contribution in [0.1, 0.15) is 18.2 Å². The molecule has 22 heavy (non-hydrogen) atoms. The molecule has 1 unspecified atom stereocenters. The number of amides is 2. The molecule has 1 atom stereocenters. The van der Waals surface area contributed by atoms with Gasteiger partial charge in [0.2, 0.25) is 11.8 Å². The molecule has 0 saturated carbocycles. The summed E-state index contributed by atoms with van der Waals surface area (Å²) in [6.45, 7) is 1.85. The maximum Gasteiger partial charge on any atom is 0.243 e. The van der Waals surface area contributed by atoms with Gasteiger partial charge in [-0.3, -0.25) is 19.5 Å². The Balaban J connectivity index is 1.74. The van der Waals surface area contributed by atoms with Gasteiger partial charge >= 0.3 is 0 Å². The van der Waals surface area contributed by atoms with E-state index in [9.17, 15) is 9.59 Å². The molecule has 1 aromatic heterocycles. The highest BCUT2D eigenvalue weighted by molar-refractivity contribution is 6.02. The molecule has 2 heterocycles. The van der Waals surface area contributed by atoms with Gasteiger partial charge in [-0.2, -0.15) is 0 Å². The first-order valence-electron chi connectivity index (χ1n) is 7.22. The Labute approximate surface area is 129 Å². The predicted octanol–water partition coefficient (Wildman–Crippen LogP) is 1.68. The molecule has 0 saturated heterocycles. The number of hydrogen-bond donors (Lipinski definition) is 1. The first-order valence-corrected chi connectivity index (χ1v) is 7.22. The normalized spacial score (nSPS) is 16.2. The Morgan fingerprint density at radius 1 is 1.23 bits per heavy atom. The second-order valence-electron chi connectivity index (χ2n) is 5.28. The molecule has 0 fully saturated rings. The van der Waals surface area contributed by atoms with Crippen LogP contribution in [0.3, 0.4) is 0 Å². The standard InChI is InChI=1S/C17H17N3O2/c1-12(21)20-15-8-3-2-6-13(15)10-16(20)17(22)19-11-14-7-4-5-9-18-14/h2-9,16H,10-11H2,1H3,(H,19,22).